The van der Waals surface area contributed by atoms with E-state index in [0.29, 0.717) is 16.5 Å². The summed E-state index contributed by atoms with van der Waals surface area (Å²) in [6, 6.07) is 3.15. The first-order chi connectivity index (χ1) is 16.1. The van der Waals surface area contributed by atoms with Crippen molar-refractivity contribution in [3.05, 3.63) is 39.2 Å². The van der Waals surface area contributed by atoms with E-state index in [4.69, 9.17) is 18.6 Å². The van der Waals surface area contributed by atoms with Gasteiger partial charge in [-0.3, -0.25) is 0 Å². The zero-order valence-corrected chi connectivity index (χ0v) is 19.8. The van der Waals surface area contributed by atoms with Crippen LogP contribution in [-0.4, -0.2) is 77.7 Å². The molecule has 0 radical (unpaired) electrons. The number of aliphatic hydroxyl groups excluding tert-OH is 3. The van der Waals surface area contributed by atoms with Crippen molar-refractivity contribution in [1.29, 1.82) is 0 Å². The summed E-state index contributed by atoms with van der Waals surface area (Å²) in [5, 5.41) is 45.9. The van der Waals surface area contributed by atoms with Gasteiger partial charge in [-0.1, -0.05) is 11.2 Å². The van der Waals surface area contributed by atoms with Crippen LogP contribution >= 0.6 is 0 Å². The van der Waals surface area contributed by atoms with Crippen molar-refractivity contribution in [2.75, 3.05) is 27.4 Å². The third-order valence-electron chi connectivity index (χ3n) is 6.16. The highest BCUT2D eigenvalue weighted by Crippen LogP contribution is 2.42. The van der Waals surface area contributed by atoms with Gasteiger partial charge >= 0.3 is 5.63 Å². The number of aromatic hydroxyl groups is 1. The predicted octanol–water partition coefficient (Wildman–Crippen LogP) is 0.905. The van der Waals surface area contributed by atoms with E-state index in [2.05, 4.69) is 9.99 Å². The smallest absolute Gasteiger partial charge is 0.343 e. The van der Waals surface area contributed by atoms with E-state index in [1.807, 2.05) is 0 Å². The fourth-order valence-corrected chi connectivity index (χ4v) is 4.33. The number of hydrogen-bond acceptors (Lipinski definition) is 11. The highest BCUT2D eigenvalue weighted by molar-refractivity contribution is 5.87. The third-order valence-corrected chi connectivity index (χ3v) is 6.16. The average molecular weight is 481 g/mol. The summed E-state index contributed by atoms with van der Waals surface area (Å²) in [5.41, 5.74) is -1.01. The molecule has 3 rings (SSSR count). The Hall–Kier alpha value is -2.70. The molecule has 1 aliphatic heterocycles. The van der Waals surface area contributed by atoms with Gasteiger partial charge in [0.25, 0.3) is 0 Å². The van der Waals surface area contributed by atoms with E-state index in [1.165, 1.54) is 14.2 Å². The Kier molecular flexibility index (Phi) is 7.84. The molecule has 1 aliphatic rings. The van der Waals surface area contributed by atoms with Crippen LogP contribution < -0.4 is 5.63 Å². The minimum atomic E-state index is -1.38. The Morgan fingerprint density at radius 2 is 1.94 bits per heavy atom. The molecular weight excluding hydrogens is 450 g/mol. The van der Waals surface area contributed by atoms with Gasteiger partial charge in [-0.2, -0.15) is 0 Å². The molecule has 0 bridgehead atoms. The average Bonchev–Trinajstić information content (AvgIpc) is 2.80. The fourth-order valence-electron chi connectivity index (χ4n) is 4.33. The lowest BCUT2D eigenvalue weighted by atomic mass is 9.83. The van der Waals surface area contributed by atoms with Crippen molar-refractivity contribution in [1.82, 2.24) is 0 Å². The third kappa shape index (κ3) is 4.62. The number of ether oxygens (including phenoxy) is 3. The number of rotatable bonds is 7. The number of nitrogens with zero attached hydrogens (tertiary/aromatic N) is 1. The number of aliphatic hydroxyl groups is 3. The van der Waals surface area contributed by atoms with E-state index in [9.17, 15) is 25.2 Å². The maximum Gasteiger partial charge on any atom is 0.343 e. The minimum absolute atomic E-state index is 0.0463. The largest absolute Gasteiger partial charge is 0.507 e. The molecule has 1 saturated heterocycles. The van der Waals surface area contributed by atoms with Crippen LogP contribution in [0.25, 0.3) is 11.0 Å². The zero-order valence-electron chi connectivity index (χ0n) is 19.8. The molecule has 0 unspecified atom stereocenters. The quantitative estimate of drug-likeness (QED) is 0.194. The van der Waals surface area contributed by atoms with Gasteiger partial charge in [0.1, 0.15) is 48.5 Å². The number of fused-ring (bicyclic) bond motifs is 1. The molecule has 0 saturated carbocycles. The Balaban J connectivity index is 1.98. The Morgan fingerprint density at radius 1 is 1.24 bits per heavy atom. The summed E-state index contributed by atoms with van der Waals surface area (Å²) >= 11 is 0. The van der Waals surface area contributed by atoms with Crippen molar-refractivity contribution >= 4 is 16.9 Å². The Bertz CT molecular complexity index is 1110. The van der Waals surface area contributed by atoms with Gasteiger partial charge < -0.3 is 43.9 Å². The van der Waals surface area contributed by atoms with Crippen LogP contribution in [0.2, 0.25) is 0 Å². The number of benzene rings is 1. The van der Waals surface area contributed by atoms with Gasteiger partial charge in [-0.25, -0.2) is 4.79 Å². The van der Waals surface area contributed by atoms with Gasteiger partial charge in [-0.15, -0.1) is 0 Å². The highest BCUT2D eigenvalue weighted by atomic mass is 16.6. The van der Waals surface area contributed by atoms with Gasteiger partial charge in [0.05, 0.1) is 24.2 Å². The molecule has 0 spiro atoms. The van der Waals surface area contributed by atoms with E-state index in [0.717, 1.165) is 0 Å². The molecule has 2 heterocycles. The molecule has 5 atom stereocenters. The van der Waals surface area contributed by atoms with Crippen LogP contribution in [0.1, 0.15) is 36.6 Å². The second-order valence-corrected chi connectivity index (χ2v) is 8.41. The number of methoxy groups -OCH3 is 1. The van der Waals surface area contributed by atoms with E-state index < -0.39 is 42.2 Å². The molecule has 11 heteroatoms. The maximum atomic E-state index is 12.6. The fraction of sp³-hybridized carbons (Fsp3) is 0.565. The minimum Gasteiger partial charge on any atom is -0.507 e. The summed E-state index contributed by atoms with van der Waals surface area (Å²) in [6.45, 7) is 4.41. The molecular formula is C23H31NO10. The summed E-state index contributed by atoms with van der Waals surface area (Å²) in [4.78, 5) is 17.2. The summed E-state index contributed by atoms with van der Waals surface area (Å²) in [7, 11) is 2.73. The van der Waals surface area contributed by atoms with Crippen LogP contribution in [0.5, 0.6) is 5.75 Å². The lowest BCUT2D eigenvalue weighted by Gasteiger charge is -2.48. The normalized spacial score (nSPS) is 27.7. The SMILES string of the molecule is CON=C(C)OCCc1c(O)c2ccc([C@@H]3O[C@](C)(CO)[C@H](OC)[C@H](O)[C@H]3O)c(C)c2oc1=O. The summed E-state index contributed by atoms with van der Waals surface area (Å²) in [5.74, 6) is 0.0297. The van der Waals surface area contributed by atoms with Gasteiger partial charge in [0.15, 0.2) is 0 Å². The topological polar surface area (TPSA) is 160 Å². The lowest BCUT2D eigenvalue weighted by molar-refractivity contribution is -0.279. The number of hydrogen-bond donors (Lipinski definition) is 4. The molecule has 4 N–H and O–H groups in total. The predicted molar refractivity (Wildman–Crippen MR) is 121 cm³/mol. The van der Waals surface area contributed by atoms with Crippen molar-refractivity contribution in [3.63, 3.8) is 0 Å². The van der Waals surface area contributed by atoms with Crippen LogP contribution in [0.3, 0.4) is 0 Å². The van der Waals surface area contributed by atoms with Crippen molar-refractivity contribution in [2.24, 2.45) is 5.16 Å². The molecule has 34 heavy (non-hydrogen) atoms. The molecule has 1 aromatic heterocycles. The second kappa shape index (κ2) is 10.3. The van der Waals surface area contributed by atoms with E-state index in [-0.39, 0.29) is 35.8 Å². The molecule has 188 valence electrons. The molecule has 2 aromatic rings. The first-order valence-electron chi connectivity index (χ1n) is 10.8. The number of aryl methyl sites for hydroxylation is 1. The zero-order chi connectivity index (χ0) is 25.2. The van der Waals surface area contributed by atoms with Gasteiger partial charge in [-0.05, 0) is 31.0 Å². The standard InChI is InChI=1S/C23H31NO10/c1-11-13(20-17(27)18(28)21(30-4)23(3,10-25)34-20)6-7-14-16(26)15(22(29)33-19(11)14)8-9-32-12(2)24-31-5/h6-7,17-18,20-21,25-28H,8-10H2,1-5H3/t17-,18-,20+,21-,23-/m1/s1. The molecule has 1 aromatic carbocycles. The van der Waals surface area contributed by atoms with Crippen LogP contribution in [0, 0.1) is 6.92 Å². The lowest BCUT2D eigenvalue weighted by Crippen LogP contribution is -2.62. The first-order valence-corrected chi connectivity index (χ1v) is 10.8. The second-order valence-electron chi connectivity index (χ2n) is 8.41. The van der Waals surface area contributed by atoms with Gasteiger partial charge in [0, 0.05) is 20.5 Å². The van der Waals surface area contributed by atoms with Crippen molar-refractivity contribution in [2.45, 2.75) is 57.2 Å². The molecule has 11 nitrogen and oxygen atoms in total. The molecule has 0 aliphatic carbocycles. The maximum absolute atomic E-state index is 12.6. The first kappa shape index (κ1) is 25.9. The van der Waals surface area contributed by atoms with E-state index >= 15 is 0 Å². The Labute approximate surface area is 196 Å². The monoisotopic (exact) mass is 481 g/mol. The molecule has 0 amide bonds. The highest BCUT2D eigenvalue weighted by Gasteiger charge is 2.52. The van der Waals surface area contributed by atoms with Crippen molar-refractivity contribution in [3.8, 4) is 5.75 Å². The van der Waals surface area contributed by atoms with Crippen LogP contribution in [-0.2, 0) is 25.5 Å². The van der Waals surface area contributed by atoms with Crippen molar-refractivity contribution < 1.29 is 43.9 Å². The van der Waals surface area contributed by atoms with Crippen LogP contribution in [0.15, 0.2) is 26.5 Å². The van der Waals surface area contributed by atoms with E-state index in [1.54, 1.807) is 32.9 Å². The van der Waals surface area contributed by atoms with Gasteiger partial charge in [0.2, 0.25) is 5.90 Å². The van der Waals surface area contributed by atoms with Crippen LogP contribution in [0.4, 0.5) is 0 Å². The number of oxime groups is 1. The summed E-state index contributed by atoms with van der Waals surface area (Å²) < 4.78 is 22.1. The Morgan fingerprint density at radius 3 is 2.56 bits per heavy atom. The molecule has 1 fully saturated rings. The summed E-state index contributed by atoms with van der Waals surface area (Å²) in [6.07, 6.45) is -4.66.